The van der Waals surface area contributed by atoms with Crippen LogP contribution in [0, 0.1) is 0 Å². The van der Waals surface area contributed by atoms with Crippen LogP contribution in [0.15, 0.2) is 30.3 Å². The predicted octanol–water partition coefficient (Wildman–Crippen LogP) is 2.87. The molecule has 90 valence electrons. The Morgan fingerprint density at radius 3 is 2.82 bits per heavy atom. The van der Waals surface area contributed by atoms with Crippen LogP contribution < -0.4 is 0 Å². The van der Waals surface area contributed by atoms with E-state index in [0.717, 1.165) is 16.5 Å². The predicted molar refractivity (Wildman–Crippen MR) is 76.1 cm³/mol. The molecule has 0 N–H and O–H groups in total. The van der Waals surface area contributed by atoms with Crippen LogP contribution >= 0.6 is 24.0 Å². The van der Waals surface area contributed by atoms with Gasteiger partial charge in [-0.25, -0.2) is 0 Å². The van der Waals surface area contributed by atoms with Gasteiger partial charge in [-0.1, -0.05) is 61.2 Å². The second-order valence-electron chi connectivity index (χ2n) is 4.04. The third-order valence-electron chi connectivity index (χ3n) is 2.85. The summed E-state index contributed by atoms with van der Waals surface area (Å²) in [5.41, 5.74) is 1.26. The highest BCUT2D eigenvalue weighted by molar-refractivity contribution is 8.23. The molecule has 1 aliphatic heterocycles. The van der Waals surface area contributed by atoms with Gasteiger partial charge in [-0.3, -0.25) is 9.69 Å². The normalized spacial score (nSPS) is 19.7. The highest BCUT2D eigenvalue weighted by Crippen LogP contribution is 2.27. The Kier molecular flexibility index (Phi) is 4.18. The molecular weight excluding hydrogens is 250 g/mol. The fourth-order valence-electron chi connectivity index (χ4n) is 1.97. The number of nitrogens with zero attached hydrogens (tertiary/aromatic N) is 1. The zero-order chi connectivity index (χ0) is 12.3. The summed E-state index contributed by atoms with van der Waals surface area (Å²) in [5.74, 6) is 1.06. The number of hydrogen-bond acceptors (Lipinski definition) is 3. The van der Waals surface area contributed by atoms with Crippen molar-refractivity contribution in [2.45, 2.75) is 25.8 Å². The molecule has 0 spiro atoms. The molecule has 2 nitrogen and oxygen atoms in total. The van der Waals surface area contributed by atoms with E-state index in [9.17, 15) is 4.79 Å². The van der Waals surface area contributed by atoms with E-state index in [4.69, 9.17) is 12.2 Å². The molecule has 0 unspecified atom stereocenters. The van der Waals surface area contributed by atoms with Gasteiger partial charge in [-0.15, -0.1) is 0 Å². The summed E-state index contributed by atoms with van der Waals surface area (Å²) in [5, 5.41) is 0. The van der Waals surface area contributed by atoms with E-state index < -0.39 is 0 Å². The number of amides is 1. The lowest BCUT2D eigenvalue weighted by atomic mass is 10.1. The van der Waals surface area contributed by atoms with Crippen LogP contribution in [0.5, 0.6) is 0 Å². The molecule has 0 aliphatic carbocycles. The first kappa shape index (κ1) is 12.6. The quantitative estimate of drug-likeness (QED) is 0.784. The van der Waals surface area contributed by atoms with Crippen LogP contribution in [0.2, 0.25) is 0 Å². The van der Waals surface area contributed by atoms with Gasteiger partial charge in [-0.2, -0.15) is 0 Å². The van der Waals surface area contributed by atoms with Crippen LogP contribution in [0.3, 0.4) is 0 Å². The van der Waals surface area contributed by atoms with Crippen LogP contribution in [0.1, 0.15) is 18.9 Å². The SMILES string of the molecule is CCC(=O)N1C(=S)SC[C@H]1Cc1ccccc1. The molecule has 0 bridgehead atoms. The Labute approximate surface area is 111 Å². The first-order valence-corrected chi connectivity index (χ1v) is 7.14. The fraction of sp³-hybridized carbons (Fsp3) is 0.385. The van der Waals surface area contributed by atoms with Gasteiger partial charge in [0.1, 0.15) is 4.32 Å². The summed E-state index contributed by atoms with van der Waals surface area (Å²) in [6.45, 7) is 1.88. The van der Waals surface area contributed by atoms with Gasteiger partial charge in [0.25, 0.3) is 0 Å². The number of thioether (sulfide) groups is 1. The van der Waals surface area contributed by atoms with Crippen molar-refractivity contribution in [3.8, 4) is 0 Å². The standard InChI is InChI=1S/C13H15NOS2/c1-2-12(15)14-11(9-17-13(14)16)8-10-6-4-3-5-7-10/h3-7,11H,2,8-9H2,1H3/t11-/m1/s1. The maximum absolute atomic E-state index is 11.9. The van der Waals surface area contributed by atoms with Crippen molar-refractivity contribution in [2.24, 2.45) is 0 Å². The highest BCUT2D eigenvalue weighted by atomic mass is 32.2. The lowest BCUT2D eigenvalue weighted by Gasteiger charge is -2.23. The molecule has 17 heavy (non-hydrogen) atoms. The van der Waals surface area contributed by atoms with Gasteiger partial charge in [0, 0.05) is 12.2 Å². The van der Waals surface area contributed by atoms with Crippen molar-refractivity contribution < 1.29 is 4.79 Å². The molecule has 0 aromatic heterocycles. The molecule has 1 aromatic carbocycles. The number of carbonyl (C=O) groups is 1. The highest BCUT2D eigenvalue weighted by Gasteiger charge is 2.32. The Hall–Kier alpha value is -0.870. The minimum atomic E-state index is 0.140. The van der Waals surface area contributed by atoms with Gasteiger partial charge >= 0.3 is 0 Å². The summed E-state index contributed by atoms with van der Waals surface area (Å²) < 4.78 is 0.734. The summed E-state index contributed by atoms with van der Waals surface area (Å²) >= 11 is 6.86. The summed E-state index contributed by atoms with van der Waals surface area (Å²) in [7, 11) is 0. The molecule has 1 heterocycles. The third kappa shape index (κ3) is 2.87. The van der Waals surface area contributed by atoms with E-state index in [-0.39, 0.29) is 11.9 Å². The molecule has 2 rings (SSSR count). The van der Waals surface area contributed by atoms with Crippen LogP contribution in [-0.4, -0.2) is 26.9 Å². The molecule has 1 fully saturated rings. The van der Waals surface area contributed by atoms with Gasteiger partial charge in [0.2, 0.25) is 5.91 Å². The van der Waals surface area contributed by atoms with Crippen molar-refractivity contribution in [2.75, 3.05) is 5.75 Å². The number of rotatable bonds is 3. The van der Waals surface area contributed by atoms with Crippen molar-refractivity contribution in [3.63, 3.8) is 0 Å². The first-order chi connectivity index (χ1) is 8.22. The monoisotopic (exact) mass is 265 g/mol. The van der Waals surface area contributed by atoms with E-state index in [1.165, 1.54) is 5.56 Å². The van der Waals surface area contributed by atoms with Crippen LogP contribution in [-0.2, 0) is 11.2 Å². The summed E-state index contributed by atoms with van der Waals surface area (Å²) in [6, 6.07) is 10.5. The second kappa shape index (κ2) is 5.65. The van der Waals surface area contributed by atoms with Gasteiger partial charge in [0.15, 0.2) is 0 Å². The van der Waals surface area contributed by atoms with Gasteiger partial charge in [0.05, 0.1) is 6.04 Å². The summed E-state index contributed by atoms with van der Waals surface area (Å²) in [4.78, 5) is 13.6. The fourth-order valence-corrected chi connectivity index (χ4v) is 3.42. The Morgan fingerprint density at radius 2 is 2.18 bits per heavy atom. The van der Waals surface area contributed by atoms with Crippen molar-refractivity contribution in [1.82, 2.24) is 4.90 Å². The molecule has 0 radical (unpaired) electrons. The largest absolute Gasteiger partial charge is 0.293 e. The maximum atomic E-state index is 11.9. The van der Waals surface area contributed by atoms with E-state index in [2.05, 4.69) is 12.1 Å². The molecule has 1 aliphatic rings. The van der Waals surface area contributed by atoms with Gasteiger partial charge in [-0.05, 0) is 12.0 Å². The van der Waals surface area contributed by atoms with E-state index in [0.29, 0.717) is 6.42 Å². The molecule has 0 saturated carbocycles. The molecular formula is C13H15NOS2. The zero-order valence-corrected chi connectivity index (χ0v) is 11.4. The van der Waals surface area contributed by atoms with Gasteiger partial charge < -0.3 is 0 Å². The molecule has 1 saturated heterocycles. The van der Waals surface area contributed by atoms with Crippen molar-refractivity contribution in [3.05, 3.63) is 35.9 Å². The van der Waals surface area contributed by atoms with Crippen LogP contribution in [0.4, 0.5) is 0 Å². The topological polar surface area (TPSA) is 20.3 Å². The Bertz CT molecular complexity index is 419. The number of thiocarbonyl (C=S) groups is 1. The maximum Gasteiger partial charge on any atom is 0.228 e. The van der Waals surface area contributed by atoms with Crippen LogP contribution in [0.25, 0.3) is 0 Å². The lowest BCUT2D eigenvalue weighted by molar-refractivity contribution is -0.127. The van der Waals surface area contributed by atoms with E-state index >= 15 is 0 Å². The average Bonchev–Trinajstić information content (AvgIpc) is 2.71. The molecule has 1 amide bonds. The first-order valence-electron chi connectivity index (χ1n) is 5.75. The molecule has 1 aromatic rings. The van der Waals surface area contributed by atoms with Crippen molar-refractivity contribution >= 4 is 34.2 Å². The van der Waals surface area contributed by atoms with Crippen molar-refractivity contribution in [1.29, 1.82) is 0 Å². The smallest absolute Gasteiger partial charge is 0.228 e. The minimum absolute atomic E-state index is 0.140. The molecule has 1 atom stereocenters. The number of benzene rings is 1. The Balaban J connectivity index is 2.10. The molecule has 4 heteroatoms. The second-order valence-corrected chi connectivity index (χ2v) is 5.69. The average molecular weight is 265 g/mol. The lowest BCUT2D eigenvalue weighted by Crippen LogP contribution is -2.39. The minimum Gasteiger partial charge on any atom is -0.293 e. The van der Waals surface area contributed by atoms with E-state index in [1.807, 2.05) is 25.1 Å². The number of hydrogen-bond donors (Lipinski definition) is 0. The summed E-state index contributed by atoms with van der Waals surface area (Å²) in [6.07, 6.45) is 1.41. The number of carbonyl (C=O) groups excluding carboxylic acids is 1. The third-order valence-corrected chi connectivity index (χ3v) is 4.39. The Morgan fingerprint density at radius 1 is 1.47 bits per heavy atom. The zero-order valence-electron chi connectivity index (χ0n) is 9.76. The van der Waals surface area contributed by atoms with E-state index in [1.54, 1.807) is 16.7 Å².